The minimum Gasteiger partial charge on any atom is -0.465 e. The van der Waals surface area contributed by atoms with E-state index in [4.69, 9.17) is 13.5 Å². The van der Waals surface area contributed by atoms with E-state index < -0.39 is 7.60 Å². The first-order chi connectivity index (χ1) is 11.4. The summed E-state index contributed by atoms with van der Waals surface area (Å²) < 4.78 is 29.9. The Hall–Kier alpha value is -0.220. The Kier molecular flexibility index (Phi) is 9.73. The Morgan fingerprint density at radius 3 is 2.25 bits per heavy atom. The molecule has 24 heavy (non-hydrogen) atoms. The summed E-state index contributed by atoms with van der Waals surface area (Å²) in [5.41, 5.74) is 2.19. The van der Waals surface area contributed by atoms with Gasteiger partial charge in [-0.05, 0) is 32.9 Å². The number of unbranched alkanes of at least 4 members (excludes halogenated alkanes) is 1. The standard InChI is InChI=1S/C18H33O4PS/c1-7-10-11-24-13-17-16(15(6)22-18(17)14(4)5)12-23(19,20-8-2)21-9-3/h14H,7-13H2,1-6H3. The molecule has 1 aromatic rings. The number of hydrogen-bond acceptors (Lipinski definition) is 5. The number of rotatable bonds is 12. The van der Waals surface area contributed by atoms with Crippen LogP contribution in [-0.4, -0.2) is 19.0 Å². The Balaban J connectivity index is 3.08. The van der Waals surface area contributed by atoms with Gasteiger partial charge in [0.2, 0.25) is 0 Å². The second kappa shape index (κ2) is 10.7. The molecule has 0 aliphatic heterocycles. The summed E-state index contributed by atoms with van der Waals surface area (Å²) in [6.07, 6.45) is 2.70. The van der Waals surface area contributed by atoms with Crippen LogP contribution < -0.4 is 0 Å². The summed E-state index contributed by atoms with van der Waals surface area (Å²) >= 11 is 1.91. The van der Waals surface area contributed by atoms with Gasteiger partial charge in [0.25, 0.3) is 0 Å². The zero-order chi connectivity index (χ0) is 18.2. The number of aryl methyl sites for hydroxylation is 1. The van der Waals surface area contributed by atoms with Crippen molar-refractivity contribution in [1.29, 1.82) is 0 Å². The van der Waals surface area contributed by atoms with E-state index in [2.05, 4.69) is 20.8 Å². The molecule has 0 N–H and O–H groups in total. The topological polar surface area (TPSA) is 48.7 Å². The van der Waals surface area contributed by atoms with E-state index in [1.54, 1.807) is 0 Å². The van der Waals surface area contributed by atoms with Gasteiger partial charge in [-0.2, -0.15) is 11.8 Å². The molecule has 6 heteroatoms. The minimum absolute atomic E-state index is 0.292. The Morgan fingerprint density at radius 2 is 1.75 bits per heavy atom. The normalized spacial score (nSPS) is 12.3. The lowest BCUT2D eigenvalue weighted by molar-refractivity contribution is 0.219. The molecular weight excluding hydrogens is 343 g/mol. The third kappa shape index (κ3) is 6.25. The highest BCUT2D eigenvalue weighted by atomic mass is 32.2. The van der Waals surface area contributed by atoms with Crippen molar-refractivity contribution in [2.24, 2.45) is 0 Å². The van der Waals surface area contributed by atoms with Gasteiger partial charge in [0, 0.05) is 22.8 Å². The molecule has 0 fully saturated rings. The Bertz CT molecular complexity index is 529. The van der Waals surface area contributed by atoms with Gasteiger partial charge in [0.1, 0.15) is 11.5 Å². The molecule has 1 aromatic heterocycles. The smallest absolute Gasteiger partial charge is 0.335 e. The lowest BCUT2D eigenvalue weighted by Gasteiger charge is -2.17. The lowest BCUT2D eigenvalue weighted by Crippen LogP contribution is -2.02. The molecule has 0 spiro atoms. The molecule has 0 aliphatic rings. The van der Waals surface area contributed by atoms with Gasteiger partial charge in [-0.3, -0.25) is 4.57 Å². The van der Waals surface area contributed by atoms with Crippen molar-refractivity contribution in [3.05, 3.63) is 22.6 Å². The van der Waals surface area contributed by atoms with Crippen molar-refractivity contribution in [3.63, 3.8) is 0 Å². The van der Waals surface area contributed by atoms with Gasteiger partial charge < -0.3 is 13.5 Å². The minimum atomic E-state index is -3.13. The van der Waals surface area contributed by atoms with Gasteiger partial charge >= 0.3 is 7.60 Å². The summed E-state index contributed by atoms with van der Waals surface area (Å²) in [6, 6.07) is 0. The van der Waals surface area contributed by atoms with Gasteiger partial charge in [-0.25, -0.2) is 0 Å². The highest BCUT2D eigenvalue weighted by Crippen LogP contribution is 2.53. The fourth-order valence-electron chi connectivity index (χ4n) is 2.62. The van der Waals surface area contributed by atoms with Crippen molar-refractivity contribution >= 4 is 19.4 Å². The maximum absolute atomic E-state index is 12.9. The summed E-state index contributed by atoms with van der Waals surface area (Å²) in [4.78, 5) is 0. The molecule has 0 saturated carbocycles. The molecule has 0 saturated heterocycles. The highest BCUT2D eigenvalue weighted by molar-refractivity contribution is 7.98. The molecule has 1 heterocycles. The first kappa shape index (κ1) is 21.8. The molecule has 0 bridgehead atoms. The van der Waals surface area contributed by atoms with Crippen LogP contribution in [0.2, 0.25) is 0 Å². The van der Waals surface area contributed by atoms with Crippen molar-refractivity contribution in [1.82, 2.24) is 0 Å². The molecule has 0 aliphatic carbocycles. The molecule has 1 rings (SSSR count). The highest BCUT2D eigenvalue weighted by Gasteiger charge is 2.30. The summed E-state index contributed by atoms with van der Waals surface area (Å²) in [5.74, 6) is 4.17. The first-order valence-electron chi connectivity index (χ1n) is 8.95. The molecule has 0 aromatic carbocycles. The molecule has 140 valence electrons. The van der Waals surface area contributed by atoms with Crippen molar-refractivity contribution < 1.29 is 18.0 Å². The fourth-order valence-corrected chi connectivity index (χ4v) is 5.62. The van der Waals surface area contributed by atoms with Crippen molar-refractivity contribution in [2.75, 3.05) is 19.0 Å². The van der Waals surface area contributed by atoms with E-state index >= 15 is 0 Å². The van der Waals surface area contributed by atoms with Crippen LogP contribution in [-0.2, 0) is 25.5 Å². The Labute approximate surface area is 151 Å². The second-order valence-electron chi connectivity index (χ2n) is 6.15. The fraction of sp³-hybridized carbons (Fsp3) is 0.778. The van der Waals surface area contributed by atoms with Crippen LogP contribution in [0, 0.1) is 6.92 Å². The number of furan rings is 1. The van der Waals surface area contributed by atoms with Gasteiger partial charge in [0.05, 0.1) is 19.4 Å². The van der Waals surface area contributed by atoms with E-state index in [1.165, 1.54) is 18.4 Å². The predicted octanol–water partition coefficient (Wildman–Crippen LogP) is 6.51. The maximum atomic E-state index is 12.9. The van der Waals surface area contributed by atoms with Gasteiger partial charge in [0.15, 0.2) is 0 Å². The zero-order valence-corrected chi connectivity index (χ0v) is 17.7. The van der Waals surface area contributed by atoms with Crippen LogP contribution in [0.1, 0.15) is 76.0 Å². The van der Waals surface area contributed by atoms with E-state index in [0.717, 1.165) is 28.6 Å². The quantitative estimate of drug-likeness (QED) is 0.307. The predicted molar refractivity (Wildman–Crippen MR) is 103 cm³/mol. The van der Waals surface area contributed by atoms with Gasteiger partial charge in [-0.15, -0.1) is 0 Å². The van der Waals surface area contributed by atoms with E-state index in [0.29, 0.717) is 25.3 Å². The van der Waals surface area contributed by atoms with E-state index in [-0.39, 0.29) is 0 Å². The van der Waals surface area contributed by atoms with Crippen molar-refractivity contribution in [3.8, 4) is 0 Å². The maximum Gasteiger partial charge on any atom is 0.335 e. The van der Waals surface area contributed by atoms with Crippen LogP contribution >= 0.6 is 19.4 Å². The SMILES string of the molecule is CCCCSCc1c(C(C)C)oc(C)c1CP(=O)(OCC)OCC. The average Bonchev–Trinajstić information content (AvgIpc) is 2.81. The molecule has 0 atom stereocenters. The van der Waals surface area contributed by atoms with Gasteiger partial charge in [-0.1, -0.05) is 27.2 Å². The first-order valence-corrected chi connectivity index (χ1v) is 11.8. The molecule has 0 unspecified atom stereocenters. The van der Waals surface area contributed by atoms with E-state index in [1.807, 2.05) is 32.5 Å². The van der Waals surface area contributed by atoms with Crippen LogP contribution in [0.3, 0.4) is 0 Å². The third-order valence-corrected chi connectivity index (χ3v) is 6.84. The summed E-state index contributed by atoms with van der Waals surface area (Å²) in [6.45, 7) is 12.9. The zero-order valence-electron chi connectivity index (χ0n) is 16.0. The molecular formula is C18H33O4PS. The molecule has 4 nitrogen and oxygen atoms in total. The third-order valence-electron chi connectivity index (χ3n) is 3.77. The van der Waals surface area contributed by atoms with Crippen LogP contribution in [0.5, 0.6) is 0 Å². The number of thioether (sulfide) groups is 1. The number of hydrogen-bond donors (Lipinski definition) is 0. The average molecular weight is 376 g/mol. The summed E-state index contributed by atoms with van der Waals surface area (Å²) in [7, 11) is -3.13. The molecule has 0 radical (unpaired) electrons. The van der Waals surface area contributed by atoms with Crippen molar-refractivity contribution in [2.45, 2.75) is 72.2 Å². The Morgan fingerprint density at radius 1 is 1.12 bits per heavy atom. The monoisotopic (exact) mass is 376 g/mol. The largest absolute Gasteiger partial charge is 0.465 e. The van der Waals surface area contributed by atoms with Crippen LogP contribution in [0.15, 0.2) is 4.42 Å². The lowest BCUT2D eigenvalue weighted by atomic mass is 10.0. The van der Waals surface area contributed by atoms with Crippen LogP contribution in [0.25, 0.3) is 0 Å². The summed E-state index contributed by atoms with van der Waals surface area (Å²) in [5, 5.41) is 0. The molecule has 0 amide bonds. The second-order valence-corrected chi connectivity index (χ2v) is 9.30. The van der Waals surface area contributed by atoms with Crippen LogP contribution in [0.4, 0.5) is 0 Å². The van der Waals surface area contributed by atoms with E-state index in [9.17, 15) is 4.57 Å².